The summed E-state index contributed by atoms with van der Waals surface area (Å²) in [6.07, 6.45) is 40.1. The van der Waals surface area contributed by atoms with Crippen molar-refractivity contribution in [3.05, 3.63) is 60.8 Å². The standard InChI is InChI=1S/C44H74NO11P/c1-3-5-7-9-11-13-15-17-18-20-22-24-26-28-30-34-42(47)53-36-40(37-54-57(51,52)55-38-41(45)44(49)50)56-43(48)35-31-33-39(46)32-29-27-25-23-21-19-16-14-12-10-8-6-4-2/h12,14,17-19,21,25,27,29,32,40-41H,3-11,13,15-16,20,22-24,26,28,30-31,33-38,45H2,1-2H3,(H,49,50)(H,51,52)/b14-12-,18-17-,21-19-,27-25-,32-29+/t40-,41+/m1/s1. The summed E-state index contributed by atoms with van der Waals surface area (Å²) in [7, 11) is -4.78. The molecule has 0 aromatic heterocycles. The Morgan fingerprint density at radius 1 is 0.596 bits per heavy atom. The largest absolute Gasteiger partial charge is 0.480 e. The van der Waals surface area contributed by atoms with Crippen LogP contribution in [0.5, 0.6) is 0 Å². The van der Waals surface area contributed by atoms with Gasteiger partial charge in [-0.05, 0) is 70.3 Å². The molecular weight excluding hydrogens is 749 g/mol. The molecule has 0 aliphatic carbocycles. The van der Waals surface area contributed by atoms with Gasteiger partial charge in [-0.15, -0.1) is 0 Å². The van der Waals surface area contributed by atoms with Gasteiger partial charge in [0.05, 0.1) is 13.2 Å². The Kier molecular flexibility index (Phi) is 36.3. The fraction of sp³-hybridized carbons (Fsp3) is 0.682. The number of nitrogens with two attached hydrogens (primary N) is 1. The van der Waals surface area contributed by atoms with Gasteiger partial charge >= 0.3 is 25.7 Å². The van der Waals surface area contributed by atoms with Crippen molar-refractivity contribution >= 4 is 31.5 Å². The molecule has 0 amide bonds. The highest BCUT2D eigenvalue weighted by molar-refractivity contribution is 7.47. The average Bonchev–Trinajstić information content (AvgIpc) is 3.18. The third-order valence-electron chi connectivity index (χ3n) is 8.71. The summed E-state index contributed by atoms with van der Waals surface area (Å²) < 4.78 is 32.4. The summed E-state index contributed by atoms with van der Waals surface area (Å²) >= 11 is 0. The molecule has 0 spiro atoms. The van der Waals surface area contributed by atoms with Gasteiger partial charge in [-0.1, -0.05) is 133 Å². The van der Waals surface area contributed by atoms with E-state index in [0.717, 1.165) is 57.8 Å². The molecule has 0 bridgehead atoms. The molecule has 0 aromatic carbocycles. The molecule has 0 aliphatic heterocycles. The lowest BCUT2D eigenvalue weighted by atomic mass is 10.1. The number of ketones is 1. The lowest BCUT2D eigenvalue weighted by Gasteiger charge is -2.20. The van der Waals surface area contributed by atoms with Crippen molar-refractivity contribution in [2.45, 2.75) is 174 Å². The molecule has 0 radical (unpaired) electrons. The third-order valence-corrected chi connectivity index (χ3v) is 9.67. The normalized spacial score (nSPS) is 14.2. The first kappa shape index (κ1) is 53.9. The van der Waals surface area contributed by atoms with E-state index in [-0.39, 0.29) is 31.5 Å². The highest BCUT2D eigenvalue weighted by Crippen LogP contribution is 2.43. The van der Waals surface area contributed by atoms with Crippen LogP contribution in [0.25, 0.3) is 0 Å². The third kappa shape index (κ3) is 38.2. The number of rotatable bonds is 39. The molecule has 12 nitrogen and oxygen atoms in total. The molecule has 0 aliphatic rings. The van der Waals surface area contributed by atoms with Crippen LogP contribution < -0.4 is 5.73 Å². The van der Waals surface area contributed by atoms with Crippen LogP contribution >= 0.6 is 7.82 Å². The molecule has 0 rings (SSSR count). The van der Waals surface area contributed by atoms with Gasteiger partial charge in [0.1, 0.15) is 12.6 Å². The molecule has 326 valence electrons. The first-order valence-electron chi connectivity index (χ1n) is 21.3. The zero-order chi connectivity index (χ0) is 42.2. The SMILES string of the molecule is CCCCC/C=C\C/C=C\C/C=C\C=C\C(=O)CCCC(=O)O[C@H](COC(=O)CCCCCCC/C=C\CCCCCCCC)COP(=O)(O)OC[C@H](N)C(=O)O. The van der Waals surface area contributed by atoms with Crippen LogP contribution in [0, 0.1) is 0 Å². The quantitative estimate of drug-likeness (QED) is 0.0133. The van der Waals surface area contributed by atoms with Crippen LogP contribution in [0.2, 0.25) is 0 Å². The van der Waals surface area contributed by atoms with E-state index in [9.17, 15) is 28.6 Å². The van der Waals surface area contributed by atoms with E-state index in [4.69, 9.17) is 24.8 Å². The fourth-order valence-corrected chi connectivity index (χ4v) is 6.08. The number of carboxylic acid groups (broad SMARTS) is 1. The molecular formula is C44H74NO11P. The molecule has 0 heterocycles. The lowest BCUT2D eigenvalue weighted by Crippen LogP contribution is -2.34. The number of carbonyl (C=O) groups excluding carboxylic acids is 3. The Balaban J connectivity index is 4.61. The number of aliphatic carboxylic acids is 1. The Hall–Kier alpha value is -3.15. The minimum Gasteiger partial charge on any atom is -0.480 e. The van der Waals surface area contributed by atoms with Gasteiger partial charge in [-0.2, -0.15) is 0 Å². The van der Waals surface area contributed by atoms with Crippen LogP contribution in [0.4, 0.5) is 0 Å². The van der Waals surface area contributed by atoms with E-state index in [0.29, 0.717) is 6.42 Å². The van der Waals surface area contributed by atoms with E-state index in [1.54, 1.807) is 12.2 Å². The molecule has 57 heavy (non-hydrogen) atoms. The Morgan fingerprint density at radius 3 is 1.75 bits per heavy atom. The van der Waals surface area contributed by atoms with Gasteiger partial charge in [0, 0.05) is 19.3 Å². The highest BCUT2D eigenvalue weighted by Gasteiger charge is 2.28. The maximum absolute atomic E-state index is 12.6. The van der Waals surface area contributed by atoms with Crippen molar-refractivity contribution in [3.63, 3.8) is 0 Å². The molecule has 4 N–H and O–H groups in total. The van der Waals surface area contributed by atoms with Crippen LogP contribution in [-0.4, -0.2) is 65.7 Å². The number of phosphoric acid groups is 1. The molecule has 13 heteroatoms. The van der Waals surface area contributed by atoms with E-state index in [1.807, 2.05) is 6.08 Å². The van der Waals surface area contributed by atoms with Gasteiger partial charge in [-0.25, -0.2) is 4.57 Å². The first-order valence-corrected chi connectivity index (χ1v) is 22.8. The number of phosphoric ester groups is 1. The zero-order valence-electron chi connectivity index (χ0n) is 34.9. The minimum atomic E-state index is -4.78. The van der Waals surface area contributed by atoms with Gasteiger partial charge < -0.3 is 25.2 Å². The van der Waals surface area contributed by atoms with Crippen molar-refractivity contribution in [3.8, 4) is 0 Å². The molecule has 0 fully saturated rings. The van der Waals surface area contributed by atoms with Crippen molar-refractivity contribution < 1.29 is 52.3 Å². The number of carbonyl (C=O) groups is 4. The predicted octanol–water partition coefficient (Wildman–Crippen LogP) is 10.3. The molecule has 0 saturated heterocycles. The second-order valence-corrected chi connectivity index (χ2v) is 15.6. The maximum Gasteiger partial charge on any atom is 0.472 e. The molecule has 1 unspecified atom stereocenters. The molecule has 0 saturated carbocycles. The Bertz CT molecular complexity index is 1260. The van der Waals surface area contributed by atoms with Crippen molar-refractivity contribution in [1.29, 1.82) is 0 Å². The predicted molar refractivity (Wildman–Crippen MR) is 226 cm³/mol. The summed E-state index contributed by atoms with van der Waals surface area (Å²) in [6.45, 7) is 2.50. The van der Waals surface area contributed by atoms with Crippen LogP contribution in [0.15, 0.2) is 60.8 Å². The number of hydrogen-bond acceptors (Lipinski definition) is 10. The summed E-state index contributed by atoms with van der Waals surface area (Å²) in [5, 5.41) is 8.88. The summed E-state index contributed by atoms with van der Waals surface area (Å²) in [6, 6.07) is -1.56. The molecule has 0 aromatic rings. The van der Waals surface area contributed by atoms with Crippen LogP contribution in [0.3, 0.4) is 0 Å². The number of unbranched alkanes of at least 4 members (excludes halogenated alkanes) is 14. The first-order chi connectivity index (χ1) is 27.5. The average molecular weight is 824 g/mol. The smallest absolute Gasteiger partial charge is 0.472 e. The Labute approximate surface area is 343 Å². The van der Waals surface area contributed by atoms with Crippen LogP contribution in [-0.2, 0) is 42.3 Å². The summed E-state index contributed by atoms with van der Waals surface area (Å²) in [5.74, 6) is -2.85. The highest BCUT2D eigenvalue weighted by atomic mass is 31.2. The Morgan fingerprint density at radius 2 is 1.11 bits per heavy atom. The fourth-order valence-electron chi connectivity index (χ4n) is 5.31. The lowest BCUT2D eigenvalue weighted by molar-refractivity contribution is -0.161. The number of hydrogen-bond donors (Lipinski definition) is 3. The summed E-state index contributed by atoms with van der Waals surface area (Å²) in [5.41, 5.74) is 5.31. The van der Waals surface area contributed by atoms with Gasteiger partial charge in [-0.3, -0.25) is 28.2 Å². The number of allylic oxidation sites excluding steroid dienone is 10. The topological polar surface area (TPSA) is 189 Å². The zero-order valence-corrected chi connectivity index (χ0v) is 35.8. The van der Waals surface area contributed by atoms with E-state index >= 15 is 0 Å². The van der Waals surface area contributed by atoms with Gasteiger partial charge in [0.2, 0.25) is 0 Å². The van der Waals surface area contributed by atoms with Gasteiger partial charge in [0.25, 0.3) is 0 Å². The second kappa shape index (κ2) is 38.4. The monoisotopic (exact) mass is 823 g/mol. The second-order valence-electron chi connectivity index (χ2n) is 14.2. The van der Waals surface area contributed by atoms with E-state index in [1.165, 1.54) is 63.9 Å². The number of carboxylic acids is 1. The maximum atomic E-state index is 12.6. The van der Waals surface area contributed by atoms with E-state index < -0.39 is 57.7 Å². The molecule has 3 atom stereocenters. The number of ether oxygens (including phenoxy) is 2. The van der Waals surface area contributed by atoms with Crippen molar-refractivity contribution in [2.75, 3.05) is 19.8 Å². The van der Waals surface area contributed by atoms with E-state index in [2.05, 4.69) is 54.8 Å². The van der Waals surface area contributed by atoms with Gasteiger partial charge in [0.15, 0.2) is 11.9 Å². The van der Waals surface area contributed by atoms with Crippen molar-refractivity contribution in [2.24, 2.45) is 5.73 Å². The van der Waals surface area contributed by atoms with Crippen LogP contribution in [0.1, 0.15) is 162 Å². The number of esters is 2. The van der Waals surface area contributed by atoms with Crippen molar-refractivity contribution in [1.82, 2.24) is 0 Å². The summed E-state index contributed by atoms with van der Waals surface area (Å²) in [4.78, 5) is 58.1. The minimum absolute atomic E-state index is 0.0968.